The van der Waals surface area contributed by atoms with E-state index in [1.807, 2.05) is 0 Å². The van der Waals surface area contributed by atoms with Crippen molar-refractivity contribution in [3.05, 3.63) is 34.9 Å². The van der Waals surface area contributed by atoms with Crippen LogP contribution < -0.4 is 10.6 Å². The Hall–Kier alpha value is -0.230. The highest BCUT2D eigenvalue weighted by Gasteiger charge is 2.34. The summed E-state index contributed by atoms with van der Waals surface area (Å²) >= 11 is 23.7. The molecule has 2 atom stereocenters. The maximum Gasteiger partial charge on any atom is 0.252 e. The average Bonchev–Trinajstić information content (AvgIpc) is 2.95. The van der Waals surface area contributed by atoms with Crippen LogP contribution in [0.25, 0.3) is 0 Å². The van der Waals surface area contributed by atoms with E-state index in [4.69, 9.17) is 51.1 Å². The topological polar surface area (TPSA) is 50.4 Å². The zero-order chi connectivity index (χ0) is 16.2. The molecule has 1 aliphatic rings. The Labute approximate surface area is 149 Å². The third-order valence-electron chi connectivity index (χ3n) is 3.26. The standard InChI is InChI=1S/C14H16Cl4N2O2/c15-10-4-1-3-9(7-10)12(21)20-13(14(16,17)18)19-8-11-5-2-6-22-11/h1,3-4,7,11,13,19H,2,5-6,8H2,(H,20,21). The van der Waals surface area contributed by atoms with Crippen LogP contribution in [0.5, 0.6) is 0 Å². The Morgan fingerprint density at radius 1 is 1.41 bits per heavy atom. The molecule has 0 bridgehead atoms. The molecule has 1 aliphatic heterocycles. The summed E-state index contributed by atoms with van der Waals surface area (Å²) in [7, 11) is 0. The minimum absolute atomic E-state index is 0.0675. The predicted molar refractivity (Wildman–Crippen MR) is 90.0 cm³/mol. The van der Waals surface area contributed by atoms with Gasteiger partial charge in [-0.15, -0.1) is 0 Å². The summed E-state index contributed by atoms with van der Waals surface area (Å²) in [5.41, 5.74) is 0.394. The molecule has 1 fully saturated rings. The van der Waals surface area contributed by atoms with Crippen molar-refractivity contribution in [3.63, 3.8) is 0 Å². The minimum atomic E-state index is -1.69. The fourth-order valence-electron chi connectivity index (χ4n) is 2.15. The first-order chi connectivity index (χ1) is 10.4. The van der Waals surface area contributed by atoms with Gasteiger partial charge in [0.1, 0.15) is 6.17 Å². The number of alkyl halides is 3. The van der Waals surface area contributed by atoms with Gasteiger partial charge in [0, 0.05) is 23.7 Å². The molecule has 122 valence electrons. The van der Waals surface area contributed by atoms with E-state index in [9.17, 15) is 4.79 Å². The summed E-state index contributed by atoms with van der Waals surface area (Å²) in [6.45, 7) is 1.23. The molecule has 1 heterocycles. The Morgan fingerprint density at radius 3 is 2.77 bits per heavy atom. The lowest BCUT2D eigenvalue weighted by molar-refractivity contribution is 0.0897. The van der Waals surface area contributed by atoms with E-state index in [1.165, 1.54) is 0 Å². The normalized spacial score (nSPS) is 19.9. The zero-order valence-corrected chi connectivity index (χ0v) is 14.6. The van der Waals surface area contributed by atoms with Gasteiger partial charge in [-0.05, 0) is 31.0 Å². The number of halogens is 4. The zero-order valence-electron chi connectivity index (χ0n) is 11.6. The molecule has 8 heteroatoms. The van der Waals surface area contributed by atoms with Gasteiger partial charge in [-0.2, -0.15) is 0 Å². The predicted octanol–water partition coefficient (Wildman–Crippen LogP) is 3.53. The smallest absolute Gasteiger partial charge is 0.252 e. The summed E-state index contributed by atoms with van der Waals surface area (Å²) in [4.78, 5) is 12.2. The number of nitrogens with one attached hydrogen (secondary N) is 2. The molecule has 1 amide bonds. The van der Waals surface area contributed by atoms with Crippen molar-refractivity contribution in [2.75, 3.05) is 13.2 Å². The van der Waals surface area contributed by atoms with Gasteiger partial charge in [0.2, 0.25) is 3.79 Å². The number of ether oxygens (including phenoxy) is 1. The fourth-order valence-corrected chi connectivity index (χ4v) is 2.73. The number of benzene rings is 1. The molecule has 0 saturated carbocycles. The van der Waals surface area contributed by atoms with Crippen molar-refractivity contribution >= 4 is 52.3 Å². The molecular weight excluding hydrogens is 370 g/mol. The van der Waals surface area contributed by atoms with E-state index < -0.39 is 9.96 Å². The van der Waals surface area contributed by atoms with Crippen LogP contribution >= 0.6 is 46.4 Å². The summed E-state index contributed by atoms with van der Waals surface area (Å²) in [5.74, 6) is -0.376. The summed E-state index contributed by atoms with van der Waals surface area (Å²) in [6.07, 6.45) is 1.19. The number of rotatable bonds is 5. The Bertz CT molecular complexity index is 516. The first kappa shape index (κ1) is 18.1. The summed E-state index contributed by atoms with van der Waals surface area (Å²) in [5, 5.41) is 6.16. The van der Waals surface area contributed by atoms with Gasteiger partial charge >= 0.3 is 0 Å². The lowest BCUT2D eigenvalue weighted by Gasteiger charge is -2.27. The van der Waals surface area contributed by atoms with Crippen LogP contribution in [-0.4, -0.2) is 35.1 Å². The maximum absolute atomic E-state index is 12.2. The number of hydrogen-bond donors (Lipinski definition) is 2. The van der Waals surface area contributed by atoms with Gasteiger partial charge in [0.15, 0.2) is 0 Å². The molecule has 1 saturated heterocycles. The van der Waals surface area contributed by atoms with Crippen molar-refractivity contribution in [2.24, 2.45) is 0 Å². The second-order valence-corrected chi connectivity index (χ2v) is 7.81. The third-order valence-corrected chi connectivity index (χ3v) is 4.15. The van der Waals surface area contributed by atoms with Crippen LogP contribution in [0, 0.1) is 0 Å². The Kier molecular flexibility index (Phi) is 6.62. The monoisotopic (exact) mass is 384 g/mol. The van der Waals surface area contributed by atoms with Gasteiger partial charge in [-0.25, -0.2) is 0 Å². The maximum atomic E-state index is 12.2. The molecule has 0 aliphatic carbocycles. The van der Waals surface area contributed by atoms with Crippen LogP contribution in [0.2, 0.25) is 5.02 Å². The van der Waals surface area contributed by atoms with E-state index in [2.05, 4.69) is 10.6 Å². The number of carbonyl (C=O) groups excluding carboxylic acids is 1. The molecule has 4 nitrogen and oxygen atoms in total. The van der Waals surface area contributed by atoms with E-state index in [0.717, 1.165) is 19.4 Å². The van der Waals surface area contributed by atoms with Gasteiger partial charge in [-0.3, -0.25) is 10.1 Å². The summed E-state index contributed by atoms with van der Waals surface area (Å²) < 4.78 is 3.81. The van der Waals surface area contributed by atoms with Gasteiger partial charge in [0.25, 0.3) is 5.91 Å². The molecule has 2 unspecified atom stereocenters. The highest BCUT2D eigenvalue weighted by molar-refractivity contribution is 6.68. The van der Waals surface area contributed by atoms with Crippen LogP contribution in [0.1, 0.15) is 23.2 Å². The van der Waals surface area contributed by atoms with Crippen molar-refractivity contribution in [2.45, 2.75) is 28.9 Å². The summed E-state index contributed by atoms with van der Waals surface area (Å²) in [6, 6.07) is 6.55. The Balaban J connectivity index is 1.98. The molecule has 0 spiro atoms. The minimum Gasteiger partial charge on any atom is -0.377 e. The average molecular weight is 386 g/mol. The van der Waals surface area contributed by atoms with Crippen LogP contribution in [-0.2, 0) is 4.74 Å². The molecule has 0 radical (unpaired) electrons. The molecule has 1 aromatic carbocycles. The fraction of sp³-hybridized carbons (Fsp3) is 0.500. The largest absolute Gasteiger partial charge is 0.377 e. The molecule has 1 aromatic rings. The Morgan fingerprint density at radius 2 is 2.18 bits per heavy atom. The number of hydrogen-bond acceptors (Lipinski definition) is 3. The van der Waals surface area contributed by atoms with Crippen molar-refractivity contribution < 1.29 is 9.53 Å². The van der Waals surface area contributed by atoms with Crippen LogP contribution in [0.4, 0.5) is 0 Å². The molecular formula is C14H16Cl4N2O2. The van der Waals surface area contributed by atoms with Gasteiger partial charge in [-0.1, -0.05) is 52.5 Å². The van der Waals surface area contributed by atoms with E-state index in [1.54, 1.807) is 24.3 Å². The second kappa shape index (κ2) is 8.04. The number of carbonyl (C=O) groups is 1. The number of amides is 1. The third kappa shape index (κ3) is 5.44. The second-order valence-electron chi connectivity index (χ2n) is 5.00. The van der Waals surface area contributed by atoms with Gasteiger partial charge < -0.3 is 10.1 Å². The first-order valence-electron chi connectivity index (χ1n) is 6.84. The SMILES string of the molecule is O=C(NC(NCC1CCCO1)C(Cl)(Cl)Cl)c1cccc(Cl)c1. The van der Waals surface area contributed by atoms with Crippen molar-refractivity contribution in [3.8, 4) is 0 Å². The van der Waals surface area contributed by atoms with E-state index >= 15 is 0 Å². The lowest BCUT2D eigenvalue weighted by atomic mass is 10.2. The highest BCUT2D eigenvalue weighted by Crippen LogP contribution is 2.29. The van der Waals surface area contributed by atoms with Crippen molar-refractivity contribution in [1.82, 2.24) is 10.6 Å². The molecule has 0 aromatic heterocycles. The molecule has 2 rings (SSSR count). The van der Waals surface area contributed by atoms with Crippen LogP contribution in [0.3, 0.4) is 0 Å². The van der Waals surface area contributed by atoms with E-state index in [0.29, 0.717) is 17.1 Å². The molecule has 22 heavy (non-hydrogen) atoms. The van der Waals surface area contributed by atoms with Crippen LogP contribution in [0.15, 0.2) is 24.3 Å². The first-order valence-corrected chi connectivity index (χ1v) is 8.35. The lowest BCUT2D eigenvalue weighted by Crippen LogP contribution is -2.54. The van der Waals surface area contributed by atoms with Gasteiger partial charge in [0.05, 0.1) is 6.10 Å². The molecule has 2 N–H and O–H groups in total. The van der Waals surface area contributed by atoms with Crippen molar-refractivity contribution in [1.29, 1.82) is 0 Å². The highest BCUT2D eigenvalue weighted by atomic mass is 35.6. The quantitative estimate of drug-likeness (QED) is 0.602. The van der Waals surface area contributed by atoms with E-state index in [-0.39, 0.29) is 12.0 Å².